The van der Waals surface area contributed by atoms with Crippen LogP contribution in [0.4, 0.5) is 5.69 Å². The molecule has 0 aromatic heterocycles. The fraction of sp³-hybridized carbons (Fsp3) is 0.211. The maximum Gasteiger partial charge on any atom is 0.276 e. The molecule has 0 radical (unpaired) electrons. The zero-order valence-corrected chi connectivity index (χ0v) is 14.0. The fourth-order valence-corrected chi connectivity index (χ4v) is 2.20. The Hall–Kier alpha value is -3.35. The quantitative estimate of drug-likeness (QED) is 0.691. The van der Waals surface area contributed by atoms with Crippen molar-refractivity contribution in [2.24, 2.45) is 5.92 Å². The van der Waals surface area contributed by atoms with E-state index in [4.69, 9.17) is 4.74 Å². The number of anilines is 1. The first-order valence-corrected chi connectivity index (χ1v) is 8.30. The molecule has 2 aromatic rings. The number of para-hydroxylation sites is 1. The minimum Gasteiger partial charge on any atom is -0.484 e. The molecule has 1 fully saturated rings. The van der Waals surface area contributed by atoms with Gasteiger partial charge in [-0.15, -0.1) is 0 Å². The topological polar surface area (TPSA) is 96.5 Å². The van der Waals surface area contributed by atoms with Crippen LogP contribution in [0, 0.1) is 5.92 Å². The van der Waals surface area contributed by atoms with Crippen LogP contribution in [-0.2, 0) is 9.59 Å². The number of hydrogen-bond donors (Lipinski definition) is 3. The van der Waals surface area contributed by atoms with Gasteiger partial charge < -0.3 is 10.1 Å². The second-order valence-corrected chi connectivity index (χ2v) is 5.94. The van der Waals surface area contributed by atoms with Gasteiger partial charge in [0.25, 0.3) is 11.8 Å². The number of amides is 3. The molecule has 3 N–H and O–H groups in total. The van der Waals surface area contributed by atoms with Gasteiger partial charge in [0.1, 0.15) is 5.75 Å². The van der Waals surface area contributed by atoms with Crippen LogP contribution in [0.3, 0.4) is 0 Å². The van der Waals surface area contributed by atoms with Crippen LogP contribution in [0.5, 0.6) is 5.75 Å². The van der Waals surface area contributed by atoms with Crippen LogP contribution in [0.1, 0.15) is 23.2 Å². The number of benzene rings is 2. The molecular weight excluding hydrogens is 334 g/mol. The smallest absolute Gasteiger partial charge is 0.276 e. The Morgan fingerprint density at radius 2 is 1.62 bits per heavy atom. The molecule has 0 bridgehead atoms. The van der Waals surface area contributed by atoms with Crippen molar-refractivity contribution >= 4 is 23.4 Å². The molecular formula is C19H19N3O4. The van der Waals surface area contributed by atoms with Crippen molar-refractivity contribution in [2.45, 2.75) is 12.8 Å². The minimum absolute atomic E-state index is 0.00730. The van der Waals surface area contributed by atoms with Gasteiger partial charge in [-0.1, -0.05) is 18.2 Å². The average Bonchev–Trinajstić information content (AvgIpc) is 3.51. The molecule has 2 aromatic carbocycles. The molecule has 26 heavy (non-hydrogen) atoms. The maximum absolute atomic E-state index is 12.0. The van der Waals surface area contributed by atoms with Crippen LogP contribution in [0.2, 0.25) is 0 Å². The average molecular weight is 353 g/mol. The minimum atomic E-state index is -0.476. The molecule has 0 aliphatic heterocycles. The van der Waals surface area contributed by atoms with Gasteiger partial charge in [-0.3, -0.25) is 25.2 Å². The van der Waals surface area contributed by atoms with Crippen molar-refractivity contribution in [1.29, 1.82) is 0 Å². The molecule has 3 rings (SSSR count). The molecule has 1 aliphatic carbocycles. The highest BCUT2D eigenvalue weighted by molar-refractivity contribution is 5.97. The third-order valence-corrected chi connectivity index (χ3v) is 3.79. The van der Waals surface area contributed by atoms with E-state index in [1.54, 1.807) is 48.5 Å². The van der Waals surface area contributed by atoms with Crippen LogP contribution in [0.15, 0.2) is 54.6 Å². The van der Waals surface area contributed by atoms with E-state index in [9.17, 15) is 14.4 Å². The summed E-state index contributed by atoms with van der Waals surface area (Å²) in [5.41, 5.74) is 5.60. The third-order valence-electron chi connectivity index (χ3n) is 3.79. The summed E-state index contributed by atoms with van der Waals surface area (Å²) in [6.45, 7) is -0.212. The van der Waals surface area contributed by atoms with Crippen molar-refractivity contribution in [3.05, 3.63) is 60.2 Å². The van der Waals surface area contributed by atoms with E-state index >= 15 is 0 Å². The van der Waals surface area contributed by atoms with E-state index in [0.717, 1.165) is 12.8 Å². The largest absolute Gasteiger partial charge is 0.484 e. The van der Waals surface area contributed by atoms with E-state index in [0.29, 0.717) is 17.0 Å². The van der Waals surface area contributed by atoms with Gasteiger partial charge >= 0.3 is 0 Å². The number of hydrazine groups is 1. The van der Waals surface area contributed by atoms with E-state index in [-0.39, 0.29) is 18.4 Å². The number of carbonyl (C=O) groups is 3. The lowest BCUT2D eigenvalue weighted by Gasteiger charge is -2.09. The molecule has 7 nitrogen and oxygen atoms in total. The fourth-order valence-electron chi connectivity index (χ4n) is 2.20. The first-order valence-electron chi connectivity index (χ1n) is 8.30. The second kappa shape index (κ2) is 8.15. The number of carbonyl (C=O) groups excluding carboxylic acids is 3. The van der Waals surface area contributed by atoms with Gasteiger partial charge in [0, 0.05) is 17.2 Å². The number of nitrogens with one attached hydrogen (secondary N) is 3. The molecule has 7 heteroatoms. The van der Waals surface area contributed by atoms with Gasteiger partial charge in [0.2, 0.25) is 5.91 Å². The highest BCUT2D eigenvalue weighted by Gasteiger charge is 2.29. The standard InChI is InChI=1S/C19H19N3O4/c23-17(12-26-16-4-2-1-3-5-16)21-22-19(25)14-8-10-15(11-9-14)20-18(24)13-6-7-13/h1-5,8-11,13H,6-7,12H2,(H,20,24)(H,21,23)(H,22,25). The first kappa shape index (κ1) is 17.5. The number of ether oxygens (including phenoxy) is 1. The zero-order valence-electron chi connectivity index (χ0n) is 14.0. The Labute approximate surface area is 150 Å². The molecule has 3 amide bonds. The van der Waals surface area contributed by atoms with Crippen molar-refractivity contribution < 1.29 is 19.1 Å². The van der Waals surface area contributed by atoms with Crippen LogP contribution in [-0.4, -0.2) is 24.3 Å². The summed E-state index contributed by atoms with van der Waals surface area (Å²) in [7, 11) is 0. The Morgan fingerprint density at radius 1 is 0.923 bits per heavy atom. The lowest BCUT2D eigenvalue weighted by atomic mass is 10.2. The molecule has 0 spiro atoms. The summed E-state index contributed by atoms with van der Waals surface area (Å²) >= 11 is 0. The summed E-state index contributed by atoms with van der Waals surface area (Å²) in [5, 5.41) is 2.80. The van der Waals surface area contributed by atoms with Crippen molar-refractivity contribution in [2.75, 3.05) is 11.9 Å². The summed E-state index contributed by atoms with van der Waals surface area (Å²) in [4.78, 5) is 35.4. The summed E-state index contributed by atoms with van der Waals surface area (Å²) in [5.74, 6) is -0.245. The second-order valence-electron chi connectivity index (χ2n) is 5.94. The van der Waals surface area contributed by atoms with E-state index < -0.39 is 11.8 Å². The van der Waals surface area contributed by atoms with Crippen molar-refractivity contribution in [3.63, 3.8) is 0 Å². The molecule has 0 saturated heterocycles. The van der Waals surface area contributed by atoms with E-state index in [1.807, 2.05) is 6.07 Å². The predicted molar refractivity (Wildman–Crippen MR) is 95.3 cm³/mol. The molecule has 1 saturated carbocycles. The van der Waals surface area contributed by atoms with E-state index in [1.165, 1.54) is 0 Å². The highest BCUT2D eigenvalue weighted by Crippen LogP contribution is 2.30. The summed E-state index contributed by atoms with van der Waals surface area (Å²) in [6, 6.07) is 15.3. The molecule has 0 atom stereocenters. The third kappa shape index (κ3) is 5.07. The summed E-state index contributed by atoms with van der Waals surface area (Å²) in [6.07, 6.45) is 1.86. The van der Waals surface area contributed by atoms with Gasteiger partial charge in [-0.2, -0.15) is 0 Å². The summed E-state index contributed by atoms with van der Waals surface area (Å²) < 4.78 is 5.28. The van der Waals surface area contributed by atoms with Gasteiger partial charge in [0.05, 0.1) is 0 Å². The number of rotatable bonds is 6. The SMILES string of the molecule is O=C(COc1ccccc1)NNC(=O)c1ccc(NC(=O)C2CC2)cc1. The number of hydrogen-bond acceptors (Lipinski definition) is 4. The van der Waals surface area contributed by atoms with Gasteiger partial charge in [-0.05, 0) is 49.2 Å². The van der Waals surface area contributed by atoms with Crippen molar-refractivity contribution in [1.82, 2.24) is 10.9 Å². The van der Waals surface area contributed by atoms with Gasteiger partial charge in [0.15, 0.2) is 6.61 Å². The highest BCUT2D eigenvalue weighted by atomic mass is 16.5. The van der Waals surface area contributed by atoms with Crippen molar-refractivity contribution in [3.8, 4) is 5.75 Å². The molecule has 134 valence electrons. The lowest BCUT2D eigenvalue weighted by Crippen LogP contribution is -2.43. The molecule has 0 unspecified atom stereocenters. The van der Waals surface area contributed by atoms with Gasteiger partial charge in [-0.25, -0.2) is 0 Å². The maximum atomic E-state index is 12.0. The van der Waals surface area contributed by atoms with Crippen LogP contribution in [0.25, 0.3) is 0 Å². The Balaban J connectivity index is 1.42. The molecule has 0 heterocycles. The predicted octanol–water partition coefficient (Wildman–Crippen LogP) is 1.88. The lowest BCUT2D eigenvalue weighted by molar-refractivity contribution is -0.123. The zero-order chi connectivity index (χ0) is 18.4. The monoisotopic (exact) mass is 353 g/mol. The Kier molecular flexibility index (Phi) is 5.48. The Morgan fingerprint density at radius 3 is 2.27 bits per heavy atom. The first-order chi connectivity index (χ1) is 12.6. The Bertz CT molecular complexity index is 786. The molecule has 1 aliphatic rings. The van der Waals surface area contributed by atoms with Crippen LogP contribution >= 0.6 is 0 Å². The van der Waals surface area contributed by atoms with Crippen LogP contribution < -0.4 is 20.9 Å². The van der Waals surface area contributed by atoms with E-state index in [2.05, 4.69) is 16.2 Å². The normalized spacial score (nSPS) is 12.8.